The molecule has 0 saturated heterocycles. The summed E-state index contributed by atoms with van der Waals surface area (Å²) >= 11 is 0. The van der Waals surface area contributed by atoms with Crippen LogP contribution in [0, 0.1) is 5.92 Å². The molecular weight excluding hydrogens is 224 g/mol. The molecule has 1 fully saturated rings. The number of hydrogen-bond acceptors (Lipinski definition) is 2. The van der Waals surface area contributed by atoms with E-state index in [1.54, 1.807) is 0 Å². The average Bonchev–Trinajstić information content (AvgIpc) is 2.91. The Hall–Kier alpha value is -1.12. The maximum absolute atomic E-state index is 11.0. The first kappa shape index (κ1) is 13.3. The van der Waals surface area contributed by atoms with Crippen molar-refractivity contribution in [3.8, 4) is 0 Å². The van der Waals surface area contributed by atoms with Crippen LogP contribution in [-0.2, 0) is 10.2 Å². The van der Waals surface area contributed by atoms with Gasteiger partial charge in [-0.25, -0.2) is 0 Å². The van der Waals surface area contributed by atoms with Crippen molar-refractivity contribution in [2.75, 3.05) is 0 Å². The first-order valence-corrected chi connectivity index (χ1v) is 7.19. The summed E-state index contributed by atoms with van der Waals surface area (Å²) in [5.41, 5.74) is 1.56. The highest BCUT2D eigenvalue weighted by Gasteiger charge is 2.27. The molecule has 2 rings (SSSR count). The van der Waals surface area contributed by atoms with Crippen LogP contribution in [0.4, 0.5) is 0 Å². The van der Waals surface area contributed by atoms with Crippen molar-refractivity contribution < 1.29 is 4.79 Å². The van der Waals surface area contributed by atoms with Gasteiger partial charge in [0.15, 0.2) is 0 Å². The molecular formula is C15H24N2O. The molecule has 2 unspecified atom stereocenters. The molecule has 1 saturated carbocycles. The summed E-state index contributed by atoms with van der Waals surface area (Å²) in [7, 11) is 0. The zero-order valence-electron chi connectivity index (χ0n) is 11.3. The highest BCUT2D eigenvalue weighted by molar-refractivity contribution is 5.53. The van der Waals surface area contributed by atoms with E-state index in [0.29, 0.717) is 0 Å². The van der Waals surface area contributed by atoms with E-state index in [0.717, 1.165) is 32.0 Å². The van der Waals surface area contributed by atoms with Gasteiger partial charge in [-0.3, -0.25) is 5.10 Å². The molecule has 0 aliphatic heterocycles. The van der Waals surface area contributed by atoms with Crippen LogP contribution in [-0.4, -0.2) is 16.5 Å². The van der Waals surface area contributed by atoms with Crippen LogP contribution in [0.15, 0.2) is 12.4 Å². The van der Waals surface area contributed by atoms with Crippen molar-refractivity contribution in [3.05, 3.63) is 18.0 Å². The van der Waals surface area contributed by atoms with Gasteiger partial charge in [-0.05, 0) is 36.7 Å². The predicted molar refractivity (Wildman–Crippen MR) is 72.4 cm³/mol. The third-order valence-electron chi connectivity index (χ3n) is 4.49. The summed E-state index contributed by atoms with van der Waals surface area (Å²) < 4.78 is 0. The van der Waals surface area contributed by atoms with Crippen LogP contribution >= 0.6 is 0 Å². The van der Waals surface area contributed by atoms with Crippen LogP contribution < -0.4 is 0 Å². The molecule has 1 aliphatic carbocycles. The largest absolute Gasteiger partial charge is 0.303 e. The summed E-state index contributed by atoms with van der Waals surface area (Å²) in [6, 6.07) is 0. The fourth-order valence-electron chi connectivity index (χ4n) is 3.13. The van der Waals surface area contributed by atoms with Gasteiger partial charge in [0.2, 0.25) is 0 Å². The van der Waals surface area contributed by atoms with Gasteiger partial charge in [-0.15, -0.1) is 0 Å². The fraction of sp³-hybridized carbons (Fsp3) is 0.733. The Morgan fingerprint density at radius 3 is 2.78 bits per heavy atom. The molecule has 0 spiro atoms. The van der Waals surface area contributed by atoms with E-state index in [2.05, 4.69) is 17.1 Å². The number of hydrogen-bond donors (Lipinski definition) is 1. The van der Waals surface area contributed by atoms with E-state index in [1.807, 2.05) is 12.4 Å². The lowest BCUT2D eigenvalue weighted by Gasteiger charge is -2.30. The smallest absolute Gasteiger partial charge is 0.123 e. The fourth-order valence-corrected chi connectivity index (χ4v) is 3.13. The molecule has 1 N–H and O–H groups in total. The van der Waals surface area contributed by atoms with Gasteiger partial charge in [-0.2, -0.15) is 5.10 Å². The highest BCUT2D eigenvalue weighted by Crippen LogP contribution is 2.36. The molecule has 0 amide bonds. The molecule has 1 heterocycles. The van der Waals surface area contributed by atoms with Crippen LogP contribution in [0.3, 0.4) is 0 Å². The van der Waals surface area contributed by atoms with Gasteiger partial charge >= 0.3 is 0 Å². The number of aromatic amines is 1. The van der Waals surface area contributed by atoms with E-state index >= 15 is 0 Å². The van der Waals surface area contributed by atoms with Crippen molar-refractivity contribution in [2.45, 2.75) is 63.7 Å². The van der Waals surface area contributed by atoms with Crippen LogP contribution in [0.2, 0.25) is 0 Å². The molecule has 1 aromatic rings. The number of rotatable bonds is 2. The summed E-state index contributed by atoms with van der Waals surface area (Å²) in [5, 5.41) is 7.02. The summed E-state index contributed by atoms with van der Waals surface area (Å²) in [6.45, 7) is 2.34. The minimum absolute atomic E-state index is 0.234. The highest BCUT2D eigenvalue weighted by atomic mass is 16.1. The van der Waals surface area contributed by atoms with Gasteiger partial charge in [-0.1, -0.05) is 32.6 Å². The molecule has 0 bridgehead atoms. The van der Waals surface area contributed by atoms with Gasteiger partial charge in [0, 0.05) is 12.1 Å². The Morgan fingerprint density at radius 2 is 2.06 bits per heavy atom. The van der Waals surface area contributed by atoms with Crippen molar-refractivity contribution in [3.63, 3.8) is 0 Å². The zero-order chi connectivity index (χ0) is 12.8. The molecule has 100 valence electrons. The van der Waals surface area contributed by atoms with E-state index in [4.69, 9.17) is 0 Å². The molecule has 18 heavy (non-hydrogen) atoms. The average molecular weight is 248 g/mol. The molecule has 1 aliphatic rings. The van der Waals surface area contributed by atoms with Gasteiger partial charge in [0.05, 0.1) is 6.20 Å². The second-order valence-electron chi connectivity index (χ2n) is 5.94. The molecule has 2 atom stereocenters. The maximum Gasteiger partial charge on any atom is 0.123 e. The molecule has 0 aromatic carbocycles. The third-order valence-corrected chi connectivity index (χ3v) is 4.49. The second-order valence-corrected chi connectivity index (χ2v) is 5.94. The number of carbonyl (C=O) groups excluding carboxylic acids is 1. The van der Waals surface area contributed by atoms with Crippen molar-refractivity contribution >= 4 is 6.29 Å². The SMILES string of the molecule is CC1(c2cn[nH]c2)CCCCCC(C=O)CCC1. The Labute approximate surface area is 109 Å². The van der Waals surface area contributed by atoms with Crippen molar-refractivity contribution in [1.82, 2.24) is 10.2 Å². The normalized spacial score (nSPS) is 30.8. The first-order valence-electron chi connectivity index (χ1n) is 7.19. The lowest BCUT2D eigenvalue weighted by Crippen LogP contribution is -2.22. The number of H-pyrrole nitrogens is 1. The maximum atomic E-state index is 11.0. The number of aromatic nitrogens is 2. The van der Waals surface area contributed by atoms with E-state index in [9.17, 15) is 4.79 Å². The minimum atomic E-state index is 0.234. The second kappa shape index (κ2) is 6.17. The van der Waals surface area contributed by atoms with Crippen molar-refractivity contribution in [1.29, 1.82) is 0 Å². The number of nitrogens with one attached hydrogen (secondary N) is 1. The van der Waals surface area contributed by atoms with Crippen LogP contribution in [0.1, 0.15) is 63.9 Å². The first-order chi connectivity index (χ1) is 8.74. The quantitative estimate of drug-likeness (QED) is 0.812. The lowest BCUT2D eigenvalue weighted by atomic mass is 9.74. The topological polar surface area (TPSA) is 45.8 Å². The van der Waals surface area contributed by atoms with Gasteiger partial charge in [0.25, 0.3) is 0 Å². The lowest BCUT2D eigenvalue weighted by molar-refractivity contribution is -0.111. The van der Waals surface area contributed by atoms with E-state index in [-0.39, 0.29) is 11.3 Å². The summed E-state index contributed by atoms with van der Waals surface area (Å²) in [5.74, 6) is 0.289. The summed E-state index contributed by atoms with van der Waals surface area (Å²) in [4.78, 5) is 11.0. The summed E-state index contributed by atoms with van der Waals surface area (Å²) in [6.07, 6.45) is 14.5. The third kappa shape index (κ3) is 3.21. The monoisotopic (exact) mass is 248 g/mol. The molecule has 3 heteroatoms. The van der Waals surface area contributed by atoms with Crippen molar-refractivity contribution in [2.24, 2.45) is 5.92 Å². The Bertz CT molecular complexity index is 361. The number of carbonyl (C=O) groups is 1. The Morgan fingerprint density at radius 1 is 1.28 bits per heavy atom. The van der Waals surface area contributed by atoms with E-state index < -0.39 is 0 Å². The van der Waals surface area contributed by atoms with E-state index in [1.165, 1.54) is 31.2 Å². The minimum Gasteiger partial charge on any atom is -0.303 e. The van der Waals surface area contributed by atoms with Crippen LogP contribution in [0.25, 0.3) is 0 Å². The Kier molecular flexibility index (Phi) is 4.56. The number of aldehydes is 1. The Balaban J connectivity index is 2.04. The number of nitrogens with zero attached hydrogens (tertiary/aromatic N) is 1. The van der Waals surface area contributed by atoms with Gasteiger partial charge < -0.3 is 4.79 Å². The zero-order valence-corrected chi connectivity index (χ0v) is 11.3. The predicted octanol–water partition coefficient (Wildman–Crippen LogP) is 3.62. The van der Waals surface area contributed by atoms with Crippen LogP contribution in [0.5, 0.6) is 0 Å². The standard InChI is InChI=1S/C15H24N2O/c1-15(14-10-16-17-11-14)8-4-2-3-6-13(12-18)7-5-9-15/h10-13H,2-9H2,1H3,(H,16,17). The molecule has 0 radical (unpaired) electrons. The van der Waals surface area contributed by atoms with Gasteiger partial charge in [0.1, 0.15) is 6.29 Å². The molecule has 3 nitrogen and oxygen atoms in total. The molecule has 1 aromatic heterocycles.